The van der Waals surface area contributed by atoms with Crippen molar-refractivity contribution in [2.45, 2.75) is 6.92 Å². The van der Waals surface area contributed by atoms with E-state index in [0.717, 1.165) is 11.6 Å². The standard InChI is InChI=1S/C4H9ClS2/c1-2-6-7-4-3-5/h2-4H2,1H3. The molecule has 0 saturated carbocycles. The highest BCUT2D eigenvalue weighted by Crippen LogP contribution is 2.19. The molecule has 0 nitrogen and oxygen atoms in total. The van der Waals surface area contributed by atoms with Crippen molar-refractivity contribution in [3.63, 3.8) is 0 Å². The van der Waals surface area contributed by atoms with Gasteiger partial charge in [-0.15, -0.1) is 11.6 Å². The fourth-order valence-corrected chi connectivity index (χ4v) is 2.13. The summed E-state index contributed by atoms with van der Waals surface area (Å²) in [5.74, 6) is 3.03. The quantitative estimate of drug-likeness (QED) is 0.349. The van der Waals surface area contributed by atoms with Gasteiger partial charge >= 0.3 is 0 Å². The Morgan fingerprint density at radius 1 is 1.43 bits per heavy atom. The van der Waals surface area contributed by atoms with Crippen molar-refractivity contribution in [2.75, 3.05) is 17.4 Å². The van der Waals surface area contributed by atoms with Gasteiger partial charge in [-0.1, -0.05) is 28.5 Å². The van der Waals surface area contributed by atoms with Crippen LogP contribution in [-0.4, -0.2) is 17.4 Å². The van der Waals surface area contributed by atoms with Crippen LogP contribution in [0.25, 0.3) is 0 Å². The third-order valence-electron chi connectivity index (χ3n) is 0.362. The molecule has 7 heavy (non-hydrogen) atoms. The van der Waals surface area contributed by atoms with E-state index in [2.05, 4.69) is 6.92 Å². The fraction of sp³-hybridized carbons (Fsp3) is 1.00. The average Bonchev–Trinajstić information content (AvgIpc) is 1.69. The van der Waals surface area contributed by atoms with Crippen LogP contribution in [0.1, 0.15) is 6.92 Å². The van der Waals surface area contributed by atoms with Crippen LogP contribution < -0.4 is 0 Å². The number of halogens is 1. The molecule has 0 fully saturated rings. The summed E-state index contributed by atoms with van der Waals surface area (Å²) >= 11 is 5.40. The van der Waals surface area contributed by atoms with Crippen molar-refractivity contribution in [1.29, 1.82) is 0 Å². The Morgan fingerprint density at radius 2 is 2.14 bits per heavy atom. The van der Waals surface area contributed by atoms with E-state index in [-0.39, 0.29) is 0 Å². The van der Waals surface area contributed by atoms with Crippen molar-refractivity contribution < 1.29 is 0 Å². The zero-order chi connectivity index (χ0) is 5.54. The molecule has 3 heteroatoms. The highest BCUT2D eigenvalue weighted by molar-refractivity contribution is 8.76. The van der Waals surface area contributed by atoms with Gasteiger partial charge in [0.15, 0.2) is 0 Å². The van der Waals surface area contributed by atoms with Crippen molar-refractivity contribution >= 4 is 33.2 Å². The lowest BCUT2D eigenvalue weighted by Gasteiger charge is -1.89. The molecule has 0 bridgehead atoms. The van der Waals surface area contributed by atoms with Gasteiger partial charge in [-0.25, -0.2) is 0 Å². The van der Waals surface area contributed by atoms with E-state index >= 15 is 0 Å². The molecule has 0 radical (unpaired) electrons. The zero-order valence-corrected chi connectivity index (χ0v) is 6.70. The van der Waals surface area contributed by atoms with Crippen LogP contribution in [0.4, 0.5) is 0 Å². The first kappa shape index (κ1) is 7.99. The van der Waals surface area contributed by atoms with E-state index in [0.29, 0.717) is 0 Å². The highest BCUT2D eigenvalue weighted by Gasteiger charge is 1.81. The van der Waals surface area contributed by atoms with Crippen LogP contribution in [0.5, 0.6) is 0 Å². The Bertz CT molecular complexity index is 28.9. The molecule has 0 heterocycles. The molecule has 0 aromatic heterocycles. The van der Waals surface area contributed by atoms with Gasteiger partial charge in [0.1, 0.15) is 0 Å². The second kappa shape index (κ2) is 6.99. The summed E-state index contributed by atoms with van der Waals surface area (Å²) in [5, 5.41) is 0. The van der Waals surface area contributed by atoms with Crippen molar-refractivity contribution in [1.82, 2.24) is 0 Å². The summed E-state index contributed by atoms with van der Waals surface area (Å²) < 4.78 is 0. The van der Waals surface area contributed by atoms with Crippen molar-refractivity contribution in [2.24, 2.45) is 0 Å². The molecule has 0 atom stereocenters. The van der Waals surface area contributed by atoms with E-state index in [4.69, 9.17) is 11.6 Å². The minimum absolute atomic E-state index is 0.775. The molecule has 0 saturated heterocycles. The summed E-state index contributed by atoms with van der Waals surface area (Å²) in [6.07, 6.45) is 0. The van der Waals surface area contributed by atoms with Gasteiger partial charge in [0.05, 0.1) is 0 Å². The molecular weight excluding hydrogens is 148 g/mol. The van der Waals surface area contributed by atoms with Gasteiger partial charge in [0, 0.05) is 17.4 Å². The van der Waals surface area contributed by atoms with Crippen molar-refractivity contribution in [3.8, 4) is 0 Å². The van der Waals surface area contributed by atoms with E-state index in [1.165, 1.54) is 5.75 Å². The normalized spacial score (nSPS) is 9.43. The molecule has 0 N–H and O–H groups in total. The van der Waals surface area contributed by atoms with Crippen LogP contribution in [-0.2, 0) is 0 Å². The minimum Gasteiger partial charge on any atom is -0.126 e. The van der Waals surface area contributed by atoms with Gasteiger partial charge < -0.3 is 0 Å². The van der Waals surface area contributed by atoms with Crippen molar-refractivity contribution in [3.05, 3.63) is 0 Å². The number of rotatable bonds is 4. The van der Waals surface area contributed by atoms with E-state index < -0.39 is 0 Å². The Labute approximate surface area is 57.8 Å². The van der Waals surface area contributed by atoms with Crippen LogP contribution in [0.3, 0.4) is 0 Å². The molecule has 0 spiro atoms. The molecule has 0 unspecified atom stereocenters. The topological polar surface area (TPSA) is 0 Å². The average molecular weight is 157 g/mol. The number of alkyl halides is 1. The largest absolute Gasteiger partial charge is 0.126 e. The highest BCUT2D eigenvalue weighted by atomic mass is 35.5. The molecule has 0 rings (SSSR count). The summed E-state index contributed by atoms with van der Waals surface area (Å²) in [4.78, 5) is 0. The summed E-state index contributed by atoms with van der Waals surface area (Å²) in [6, 6.07) is 0. The van der Waals surface area contributed by atoms with E-state index in [9.17, 15) is 0 Å². The predicted molar refractivity (Wildman–Crippen MR) is 41.3 cm³/mol. The van der Waals surface area contributed by atoms with Crippen LogP contribution >= 0.6 is 33.2 Å². The third-order valence-corrected chi connectivity index (χ3v) is 3.26. The summed E-state index contributed by atoms with van der Waals surface area (Å²) in [7, 11) is 3.70. The number of hydrogen-bond acceptors (Lipinski definition) is 2. The van der Waals surface area contributed by atoms with Crippen LogP contribution in [0.15, 0.2) is 0 Å². The maximum Gasteiger partial charge on any atom is 0.0322 e. The smallest absolute Gasteiger partial charge is 0.0322 e. The maximum atomic E-state index is 5.40. The van der Waals surface area contributed by atoms with E-state index in [1.54, 1.807) is 0 Å². The maximum absolute atomic E-state index is 5.40. The molecule has 44 valence electrons. The molecule has 0 aliphatic carbocycles. The molecule has 0 aromatic rings. The molecule has 0 aliphatic heterocycles. The predicted octanol–water partition coefficient (Wildman–Crippen LogP) is 2.63. The van der Waals surface area contributed by atoms with Crippen LogP contribution in [0, 0.1) is 0 Å². The van der Waals surface area contributed by atoms with Gasteiger partial charge in [-0.2, -0.15) is 0 Å². The first-order valence-corrected chi connectivity index (χ1v) is 5.24. The zero-order valence-electron chi connectivity index (χ0n) is 4.32. The lowest BCUT2D eigenvalue weighted by atomic mass is 11.0. The van der Waals surface area contributed by atoms with Gasteiger partial charge in [-0.05, 0) is 0 Å². The lowest BCUT2D eigenvalue weighted by molar-refractivity contribution is 1.53. The molecular formula is C4H9ClS2. The monoisotopic (exact) mass is 156 g/mol. The first-order valence-electron chi connectivity index (χ1n) is 2.22. The second-order valence-corrected chi connectivity index (χ2v) is 4.17. The Balaban J connectivity index is 2.45. The fourth-order valence-electron chi connectivity index (χ4n) is 0.174. The Morgan fingerprint density at radius 3 is 2.57 bits per heavy atom. The van der Waals surface area contributed by atoms with Gasteiger partial charge in [-0.3, -0.25) is 0 Å². The SMILES string of the molecule is CCSSCCCl. The number of hydrogen-bond donors (Lipinski definition) is 0. The molecule has 0 aromatic carbocycles. The minimum atomic E-state index is 0.775. The summed E-state index contributed by atoms with van der Waals surface area (Å²) in [5.41, 5.74) is 0. The van der Waals surface area contributed by atoms with E-state index in [1.807, 2.05) is 21.6 Å². The van der Waals surface area contributed by atoms with Gasteiger partial charge in [0.2, 0.25) is 0 Å². The van der Waals surface area contributed by atoms with Gasteiger partial charge in [0.25, 0.3) is 0 Å². The second-order valence-electron chi connectivity index (χ2n) is 0.917. The lowest BCUT2D eigenvalue weighted by Crippen LogP contribution is -1.72. The first-order chi connectivity index (χ1) is 3.41. The molecule has 0 aliphatic rings. The summed E-state index contributed by atoms with van der Waals surface area (Å²) in [6.45, 7) is 2.14. The Hall–Kier alpha value is 0.990. The van der Waals surface area contributed by atoms with Crippen LogP contribution in [0.2, 0.25) is 0 Å². The third kappa shape index (κ3) is 6.99. The molecule has 0 amide bonds. The Kier molecular flexibility index (Phi) is 7.98.